The van der Waals surface area contributed by atoms with Gasteiger partial charge in [-0.05, 0) is 41.5 Å². The van der Waals surface area contributed by atoms with Gasteiger partial charge in [0.05, 0.1) is 0 Å². The Bertz CT molecular complexity index is 589. The molecule has 0 saturated heterocycles. The van der Waals surface area contributed by atoms with Gasteiger partial charge in [-0.25, -0.2) is 0 Å². The normalized spacial score (nSPS) is 12.8. The van der Waals surface area contributed by atoms with E-state index in [4.69, 9.17) is 10.9 Å². The fraction of sp³-hybridized carbons (Fsp3) is 0.357. The molecule has 0 unspecified atom stereocenters. The molecule has 0 bridgehead atoms. The molecule has 102 valence electrons. The van der Waals surface area contributed by atoms with E-state index in [0.29, 0.717) is 0 Å². The zero-order valence-electron chi connectivity index (χ0n) is 11.2. The molecule has 1 aromatic carbocycles. The molecular formula is C14H19N3OS. The standard InChI is InChI=1S/C14H19N3OS/c1-14(2,13(15)17-18)6-7-16-11-3-4-12-10(9-11)5-8-19-12/h3-5,8-9,16,18H,6-7H2,1-2H3,(H2,15,17). The van der Waals surface area contributed by atoms with Crippen molar-refractivity contribution in [3.63, 3.8) is 0 Å². The molecule has 4 N–H and O–H groups in total. The predicted molar refractivity (Wildman–Crippen MR) is 82.1 cm³/mol. The summed E-state index contributed by atoms with van der Waals surface area (Å²) in [6.45, 7) is 4.70. The lowest BCUT2D eigenvalue weighted by Gasteiger charge is -2.23. The summed E-state index contributed by atoms with van der Waals surface area (Å²) in [5.74, 6) is 0.266. The average molecular weight is 277 g/mol. The highest BCUT2D eigenvalue weighted by Gasteiger charge is 2.22. The van der Waals surface area contributed by atoms with E-state index >= 15 is 0 Å². The summed E-state index contributed by atoms with van der Waals surface area (Å²) in [4.78, 5) is 0. The number of anilines is 1. The number of hydrogen-bond acceptors (Lipinski definition) is 4. The zero-order valence-corrected chi connectivity index (χ0v) is 12.0. The van der Waals surface area contributed by atoms with Crippen molar-refractivity contribution in [2.45, 2.75) is 20.3 Å². The second-order valence-electron chi connectivity index (χ2n) is 5.22. The van der Waals surface area contributed by atoms with Gasteiger partial charge in [0.15, 0.2) is 0 Å². The largest absolute Gasteiger partial charge is 0.409 e. The van der Waals surface area contributed by atoms with E-state index in [1.807, 2.05) is 13.8 Å². The van der Waals surface area contributed by atoms with Crippen LogP contribution >= 0.6 is 11.3 Å². The van der Waals surface area contributed by atoms with E-state index in [9.17, 15) is 0 Å². The minimum atomic E-state index is -0.311. The van der Waals surface area contributed by atoms with Gasteiger partial charge in [0, 0.05) is 22.3 Å². The molecule has 19 heavy (non-hydrogen) atoms. The van der Waals surface area contributed by atoms with Crippen LogP contribution in [0.3, 0.4) is 0 Å². The summed E-state index contributed by atoms with van der Waals surface area (Å²) in [5, 5.41) is 18.5. The van der Waals surface area contributed by atoms with Crippen LogP contribution < -0.4 is 11.1 Å². The summed E-state index contributed by atoms with van der Waals surface area (Å²) >= 11 is 1.74. The average Bonchev–Trinajstić information content (AvgIpc) is 2.84. The lowest BCUT2D eigenvalue weighted by molar-refractivity contribution is 0.306. The molecule has 0 fully saturated rings. The Kier molecular flexibility index (Phi) is 3.95. The molecular weight excluding hydrogens is 258 g/mol. The van der Waals surface area contributed by atoms with Gasteiger partial charge in [0.2, 0.25) is 0 Å². The van der Waals surface area contributed by atoms with Crippen LogP contribution in [0.25, 0.3) is 10.1 Å². The number of nitrogens with one attached hydrogen (secondary N) is 1. The van der Waals surface area contributed by atoms with Crippen molar-refractivity contribution in [3.05, 3.63) is 29.6 Å². The molecule has 0 atom stereocenters. The smallest absolute Gasteiger partial charge is 0.144 e. The maximum Gasteiger partial charge on any atom is 0.144 e. The molecule has 1 heterocycles. The molecule has 2 rings (SSSR count). The maximum absolute atomic E-state index is 8.73. The van der Waals surface area contributed by atoms with Gasteiger partial charge in [-0.15, -0.1) is 11.3 Å². The van der Waals surface area contributed by atoms with Gasteiger partial charge >= 0.3 is 0 Å². The fourth-order valence-electron chi connectivity index (χ4n) is 1.86. The van der Waals surface area contributed by atoms with Gasteiger partial charge in [0.1, 0.15) is 5.84 Å². The van der Waals surface area contributed by atoms with Gasteiger partial charge in [-0.2, -0.15) is 0 Å². The topological polar surface area (TPSA) is 70.6 Å². The van der Waals surface area contributed by atoms with Gasteiger partial charge in [-0.1, -0.05) is 19.0 Å². The molecule has 0 amide bonds. The van der Waals surface area contributed by atoms with Gasteiger partial charge in [-0.3, -0.25) is 0 Å². The molecule has 1 aromatic heterocycles. The van der Waals surface area contributed by atoms with E-state index in [1.165, 1.54) is 10.1 Å². The third kappa shape index (κ3) is 3.17. The van der Waals surface area contributed by atoms with Crippen molar-refractivity contribution in [3.8, 4) is 0 Å². The molecule has 5 heteroatoms. The molecule has 0 aliphatic carbocycles. The molecule has 0 aliphatic heterocycles. The molecule has 0 saturated carbocycles. The first kappa shape index (κ1) is 13.7. The van der Waals surface area contributed by atoms with Gasteiger partial charge in [0.25, 0.3) is 0 Å². The Morgan fingerprint density at radius 1 is 1.42 bits per heavy atom. The zero-order chi connectivity index (χ0) is 13.9. The second kappa shape index (κ2) is 5.48. The van der Waals surface area contributed by atoms with Crippen molar-refractivity contribution >= 4 is 32.9 Å². The number of fused-ring (bicyclic) bond motifs is 1. The van der Waals surface area contributed by atoms with Gasteiger partial charge < -0.3 is 16.3 Å². The molecule has 2 aromatic rings. The summed E-state index contributed by atoms with van der Waals surface area (Å²) < 4.78 is 1.29. The first-order chi connectivity index (χ1) is 9.03. The number of thiophene rings is 1. The number of hydrogen-bond donors (Lipinski definition) is 3. The quantitative estimate of drug-likeness (QED) is 0.339. The highest BCUT2D eigenvalue weighted by atomic mass is 32.1. The van der Waals surface area contributed by atoms with E-state index in [2.05, 4.69) is 40.1 Å². The van der Waals surface area contributed by atoms with Crippen LogP contribution in [0.4, 0.5) is 5.69 Å². The van der Waals surface area contributed by atoms with Crippen LogP contribution in [0.15, 0.2) is 34.8 Å². The summed E-state index contributed by atoms with van der Waals surface area (Å²) in [6.07, 6.45) is 0.796. The van der Waals surface area contributed by atoms with Crippen LogP contribution in [0.1, 0.15) is 20.3 Å². The molecule has 0 spiro atoms. The summed E-state index contributed by atoms with van der Waals surface area (Å²) in [6, 6.07) is 8.46. The predicted octanol–water partition coefficient (Wildman–Crippen LogP) is 3.48. The van der Waals surface area contributed by atoms with Crippen molar-refractivity contribution in [1.29, 1.82) is 0 Å². The Morgan fingerprint density at radius 3 is 2.95 bits per heavy atom. The molecule has 0 radical (unpaired) electrons. The fourth-order valence-corrected chi connectivity index (χ4v) is 2.63. The van der Waals surface area contributed by atoms with Crippen LogP contribution in [0, 0.1) is 5.41 Å². The lowest BCUT2D eigenvalue weighted by atomic mass is 9.88. The monoisotopic (exact) mass is 277 g/mol. The SMILES string of the molecule is CC(C)(CCNc1ccc2sccc2c1)C(N)=NO. The number of rotatable bonds is 5. The van der Waals surface area contributed by atoms with E-state index in [-0.39, 0.29) is 11.3 Å². The number of oxime groups is 1. The van der Waals surface area contributed by atoms with Crippen LogP contribution in [-0.4, -0.2) is 17.6 Å². The summed E-state index contributed by atoms with van der Waals surface area (Å²) in [7, 11) is 0. The summed E-state index contributed by atoms with van der Waals surface area (Å²) in [5.41, 5.74) is 6.45. The van der Waals surface area contributed by atoms with Crippen molar-refractivity contribution < 1.29 is 5.21 Å². The Morgan fingerprint density at radius 2 is 2.21 bits per heavy atom. The molecule has 0 aliphatic rings. The second-order valence-corrected chi connectivity index (χ2v) is 6.17. The number of nitrogens with zero attached hydrogens (tertiary/aromatic N) is 1. The minimum Gasteiger partial charge on any atom is -0.409 e. The van der Waals surface area contributed by atoms with Crippen molar-refractivity contribution in [2.24, 2.45) is 16.3 Å². The Balaban J connectivity index is 1.95. The molecule has 4 nitrogen and oxygen atoms in total. The lowest BCUT2D eigenvalue weighted by Crippen LogP contribution is -2.33. The minimum absolute atomic E-state index is 0.266. The van der Waals surface area contributed by atoms with Crippen LogP contribution in [0.5, 0.6) is 0 Å². The highest BCUT2D eigenvalue weighted by Crippen LogP contribution is 2.25. The maximum atomic E-state index is 8.73. The highest BCUT2D eigenvalue weighted by molar-refractivity contribution is 7.17. The first-order valence-electron chi connectivity index (χ1n) is 6.22. The number of benzene rings is 1. The van der Waals surface area contributed by atoms with Crippen LogP contribution in [-0.2, 0) is 0 Å². The van der Waals surface area contributed by atoms with E-state index in [1.54, 1.807) is 11.3 Å². The third-order valence-corrected chi connectivity index (χ3v) is 4.23. The Labute approximate surface area is 116 Å². The van der Waals surface area contributed by atoms with Crippen molar-refractivity contribution in [2.75, 3.05) is 11.9 Å². The number of amidine groups is 1. The third-order valence-electron chi connectivity index (χ3n) is 3.33. The van der Waals surface area contributed by atoms with Crippen LogP contribution in [0.2, 0.25) is 0 Å². The van der Waals surface area contributed by atoms with E-state index < -0.39 is 0 Å². The van der Waals surface area contributed by atoms with Crippen molar-refractivity contribution in [1.82, 2.24) is 0 Å². The Hall–Kier alpha value is -1.75. The van der Waals surface area contributed by atoms with E-state index in [0.717, 1.165) is 18.7 Å². The first-order valence-corrected chi connectivity index (χ1v) is 7.10. The number of nitrogens with two attached hydrogens (primary N) is 1.